The molecule has 0 N–H and O–H groups in total. The van der Waals surface area contributed by atoms with Crippen LogP contribution in [0.3, 0.4) is 0 Å². The molecule has 0 heterocycles. The highest BCUT2D eigenvalue weighted by atomic mass is 16.5. The second-order valence-electron chi connectivity index (χ2n) is 4.57. The van der Waals surface area contributed by atoms with E-state index in [0.717, 1.165) is 37.0 Å². The van der Waals surface area contributed by atoms with Crippen molar-refractivity contribution in [3.63, 3.8) is 0 Å². The fourth-order valence-corrected chi connectivity index (χ4v) is 2.30. The SMILES string of the molecule is C#CC1(Oc2ccc(C=C)cc2)CCCCC1. The molecule has 0 radical (unpaired) electrons. The van der Waals surface area contributed by atoms with E-state index in [-0.39, 0.29) is 5.60 Å². The van der Waals surface area contributed by atoms with Crippen molar-refractivity contribution in [3.8, 4) is 18.1 Å². The Morgan fingerprint density at radius 1 is 1.18 bits per heavy atom. The zero-order chi connectivity index (χ0) is 12.1. The van der Waals surface area contributed by atoms with Crippen molar-refractivity contribution in [2.24, 2.45) is 0 Å². The van der Waals surface area contributed by atoms with Gasteiger partial charge in [-0.3, -0.25) is 0 Å². The van der Waals surface area contributed by atoms with Gasteiger partial charge >= 0.3 is 0 Å². The first-order chi connectivity index (χ1) is 8.28. The zero-order valence-corrected chi connectivity index (χ0v) is 10.1. The van der Waals surface area contributed by atoms with Gasteiger partial charge in [0.25, 0.3) is 0 Å². The third kappa shape index (κ3) is 2.71. The molecular weight excluding hydrogens is 208 g/mol. The third-order valence-electron chi connectivity index (χ3n) is 3.35. The molecule has 1 aromatic rings. The second kappa shape index (κ2) is 5.10. The first-order valence-electron chi connectivity index (χ1n) is 6.17. The van der Waals surface area contributed by atoms with Crippen molar-refractivity contribution >= 4 is 6.08 Å². The Hall–Kier alpha value is -1.68. The summed E-state index contributed by atoms with van der Waals surface area (Å²) in [5, 5.41) is 0. The lowest BCUT2D eigenvalue weighted by atomic mass is 9.85. The Labute approximate surface area is 103 Å². The summed E-state index contributed by atoms with van der Waals surface area (Å²) in [7, 11) is 0. The predicted molar refractivity (Wildman–Crippen MR) is 71.8 cm³/mol. The lowest BCUT2D eigenvalue weighted by Crippen LogP contribution is -2.36. The van der Waals surface area contributed by atoms with E-state index >= 15 is 0 Å². The summed E-state index contributed by atoms with van der Waals surface area (Å²) in [6.45, 7) is 3.73. The summed E-state index contributed by atoms with van der Waals surface area (Å²) in [6.07, 6.45) is 13.0. The Morgan fingerprint density at radius 3 is 2.35 bits per heavy atom. The van der Waals surface area contributed by atoms with E-state index in [1.807, 2.05) is 30.3 Å². The van der Waals surface area contributed by atoms with E-state index in [9.17, 15) is 0 Å². The minimum atomic E-state index is -0.381. The summed E-state index contributed by atoms with van der Waals surface area (Å²) < 4.78 is 6.02. The summed E-state index contributed by atoms with van der Waals surface area (Å²) in [5.41, 5.74) is 0.712. The quantitative estimate of drug-likeness (QED) is 0.707. The molecular formula is C16H18O. The molecule has 1 heteroatoms. The van der Waals surface area contributed by atoms with E-state index in [0.29, 0.717) is 0 Å². The second-order valence-corrected chi connectivity index (χ2v) is 4.57. The highest BCUT2D eigenvalue weighted by molar-refractivity contribution is 5.48. The highest BCUT2D eigenvalue weighted by Crippen LogP contribution is 2.32. The van der Waals surface area contributed by atoms with Crippen molar-refractivity contribution in [2.45, 2.75) is 37.7 Å². The van der Waals surface area contributed by atoms with Crippen LogP contribution in [0, 0.1) is 12.3 Å². The number of ether oxygens (including phenoxy) is 1. The summed E-state index contributed by atoms with van der Waals surface area (Å²) in [4.78, 5) is 0. The fourth-order valence-electron chi connectivity index (χ4n) is 2.30. The van der Waals surface area contributed by atoms with Gasteiger partial charge in [0.05, 0.1) is 0 Å². The topological polar surface area (TPSA) is 9.23 Å². The third-order valence-corrected chi connectivity index (χ3v) is 3.35. The normalized spacial score (nSPS) is 18.1. The van der Waals surface area contributed by atoms with Crippen LogP contribution in [0.2, 0.25) is 0 Å². The van der Waals surface area contributed by atoms with Gasteiger partial charge < -0.3 is 4.74 Å². The average Bonchev–Trinajstić information content (AvgIpc) is 2.41. The molecule has 1 nitrogen and oxygen atoms in total. The van der Waals surface area contributed by atoms with Crippen LogP contribution in [0.5, 0.6) is 5.75 Å². The van der Waals surface area contributed by atoms with Crippen molar-refractivity contribution in [1.82, 2.24) is 0 Å². The molecule has 1 aromatic carbocycles. The number of terminal acetylenes is 1. The van der Waals surface area contributed by atoms with Gasteiger partial charge in [-0.15, -0.1) is 6.42 Å². The molecule has 0 saturated heterocycles. The van der Waals surface area contributed by atoms with Crippen molar-refractivity contribution < 1.29 is 4.74 Å². The van der Waals surface area contributed by atoms with Gasteiger partial charge in [0.2, 0.25) is 0 Å². The molecule has 1 aliphatic carbocycles. The Morgan fingerprint density at radius 2 is 1.82 bits per heavy atom. The number of rotatable bonds is 3. The molecule has 0 bridgehead atoms. The van der Waals surface area contributed by atoms with E-state index in [4.69, 9.17) is 11.2 Å². The maximum absolute atomic E-state index is 6.02. The van der Waals surface area contributed by atoms with Crippen LogP contribution >= 0.6 is 0 Å². The van der Waals surface area contributed by atoms with Gasteiger partial charge in [-0.1, -0.05) is 37.1 Å². The maximum atomic E-state index is 6.02. The Bertz CT molecular complexity index is 416. The Balaban J connectivity index is 2.12. The molecule has 1 aliphatic rings. The molecule has 2 rings (SSSR count). The van der Waals surface area contributed by atoms with E-state index in [2.05, 4.69) is 12.5 Å². The van der Waals surface area contributed by atoms with E-state index in [1.165, 1.54) is 6.42 Å². The zero-order valence-electron chi connectivity index (χ0n) is 10.1. The van der Waals surface area contributed by atoms with Gasteiger partial charge in [-0.2, -0.15) is 0 Å². The van der Waals surface area contributed by atoms with Crippen molar-refractivity contribution in [3.05, 3.63) is 36.4 Å². The van der Waals surface area contributed by atoms with Gasteiger partial charge in [-0.05, 0) is 43.4 Å². The molecule has 0 spiro atoms. The van der Waals surface area contributed by atoms with Crippen LogP contribution in [0.15, 0.2) is 30.8 Å². The summed E-state index contributed by atoms with van der Waals surface area (Å²) >= 11 is 0. The van der Waals surface area contributed by atoms with Gasteiger partial charge in [0.1, 0.15) is 5.75 Å². The molecule has 0 amide bonds. The minimum absolute atomic E-state index is 0.381. The predicted octanol–water partition coefficient (Wildman–Crippen LogP) is 4.04. The van der Waals surface area contributed by atoms with Gasteiger partial charge in [0.15, 0.2) is 5.60 Å². The van der Waals surface area contributed by atoms with E-state index in [1.54, 1.807) is 0 Å². The van der Waals surface area contributed by atoms with Crippen LogP contribution in [-0.2, 0) is 0 Å². The summed E-state index contributed by atoms with van der Waals surface area (Å²) in [6, 6.07) is 7.92. The molecule has 0 aromatic heterocycles. The van der Waals surface area contributed by atoms with Crippen LogP contribution in [0.25, 0.3) is 6.08 Å². The molecule has 17 heavy (non-hydrogen) atoms. The molecule has 0 unspecified atom stereocenters. The molecule has 0 aliphatic heterocycles. The molecule has 0 atom stereocenters. The Kier molecular flexibility index (Phi) is 3.54. The average molecular weight is 226 g/mol. The monoisotopic (exact) mass is 226 g/mol. The lowest BCUT2D eigenvalue weighted by Gasteiger charge is -2.33. The fraction of sp³-hybridized carbons (Fsp3) is 0.375. The number of hydrogen-bond acceptors (Lipinski definition) is 1. The van der Waals surface area contributed by atoms with Crippen LogP contribution in [0.1, 0.15) is 37.7 Å². The largest absolute Gasteiger partial charge is 0.475 e. The molecule has 1 saturated carbocycles. The molecule has 1 fully saturated rings. The number of benzene rings is 1. The summed E-state index contributed by atoms with van der Waals surface area (Å²) in [5.74, 6) is 3.71. The van der Waals surface area contributed by atoms with Gasteiger partial charge in [-0.25, -0.2) is 0 Å². The van der Waals surface area contributed by atoms with Crippen LogP contribution in [0.4, 0.5) is 0 Å². The van der Waals surface area contributed by atoms with Crippen LogP contribution < -0.4 is 4.74 Å². The molecule has 88 valence electrons. The smallest absolute Gasteiger partial charge is 0.168 e. The highest BCUT2D eigenvalue weighted by Gasteiger charge is 2.31. The standard InChI is InChI=1S/C16H18O/c1-3-14-8-10-15(11-9-14)17-16(4-2)12-6-5-7-13-16/h2-3,8-11H,1,5-7,12-13H2. The van der Waals surface area contributed by atoms with E-state index < -0.39 is 0 Å². The minimum Gasteiger partial charge on any atom is -0.475 e. The lowest BCUT2D eigenvalue weighted by molar-refractivity contribution is 0.0872. The van der Waals surface area contributed by atoms with Gasteiger partial charge in [0, 0.05) is 0 Å². The van der Waals surface area contributed by atoms with Crippen molar-refractivity contribution in [1.29, 1.82) is 0 Å². The number of hydrogen-bond donors (Lipinski definition) is 0. The maximum Gasteiger partial charge on any atom is 0.168 e. The first-order valence-corrected chi connectivity index (χ1v) is 6.17. The van der Waals surface area contributed by atoms with Crippen molar-refractivity contribution in [2.75, 3.05) is 0 Å². The van der Waals surface area contributed by atoms with Crippen LogP contribution in [-0.4, -0.2) is 5.60 Å². The first kappa shape index (κ1) is 11.8.